The maximum atomic E-state index is 7.00. The molecule has 0 atom stereocenters. The van der Waals surface area contributed by atoms with Crippen molar-refractivity contribution in [1.82, 2.24) is 0 Å². The second-order valence-corrected chi connectivity index (χ2v) is 2.25. The van der Waals surface area contributed by atoms with E-state index in [1.165, 1.54) is 4.57 Å². The summed E-state index contributed by atoms with van der Waals surface area (Å²) in [6, 6.07) is 3.34. The van der Waals surface area contributed by atoms with Crippen molar-refractivity contribution in [3.8, 4) is 0 Å². The van der Waals surface area contributed by atoms with E-state index in [0.29, 0.717) is 5.02 Å². The molecule has 0 aromatic carbocycles. The number of pyridine rings is 1. The topological polar surface area (TPSA) is 53.8 Å². The number of hydrogen-bond donors (Lipinski definition) is 2. The zero-order chi connectivity index (χ0) is 7.56. The fourth-order valence-electron chi connectivity index (χ4n) is 0.569. The van der Waals surface area contributed by atoms with E-state index in [1.54, 1.807) is 24.5 Å². The second kappa shape index (κ2) is 2.66. The molecule has 0 amide bonds. The largest absolute Gasteiger partial charge is 0.386 e. The van der Waals surface area contributed by atoms with Crippen LogP contribution in [0.15, 0.2) is 24.5 Å². The van der Waals surface area contributed by atoms with Gasteiger partial charge in [0.2, 0.25) is 0 Å². The van der Waals surface area contributed by atoms with Gasteiger partial charge in [0.05, 0.1) is 12.4 Å². The number of nitrogen functional groups attached to an aromatic ring is 1. The lowest BCUT2D eigenvalue weighted by atomic mass is 10.5. The molecule has 0 bridgehead atoms. The Morgan fingerprint density at radius 1 is 1.50 bits per heavy atom. The SMILES string of the molecule is N=C(N)[n+]1ccc(Cl)cc1. The fourth-order valence-corrected chi connectivity index (χ4v) is 0.682. The van der Waals surface area contributed by atoms with Gasteiger partial charge in [-0.05, 0) is 12.1 Å². The van der Waals surface area contributed by atoms with Crippen LogP contribution in [-0.4, -0.2) is 5.96 Å². The summed E-state index contributed by atoms with van der Waals surface area (Å²) in [5, 5.41) is 7.64. The van der Waals surface area contributed by atoms with Crippen LogP contribution in [0, 0.1) is 5.41 Å². The van der Waals surface area contributed by atoms with Crippen LogP contribution in [-0.2, 0) is 0 Å². The molecule has 4 heteroatoms. The molecular weight excluding hydrogens is 150 g/mol. The molecule has 1 heterocycles. The summed E-state index contributed by atoms with van der Waals surface area (Å²) in [5.74, 6) is -0.0170. The summed E-state index contributed by atoms with van der Waals surface area (Å²) < 4.78 is 1.46. The van der Waals surface area contributed by atoms with Crippen molar-refractivity contribution in [1.29, 1.82) is 5.41 Å². The number of hydrogen-bond acceptors (Lipinski definition) is 1. The van der Waals surface area contributed by atoms with Crippen molar-refractivity contribution in [2.45, 2.75) is 0 Å². The van der Waals surface area contributed by atoms with Crippen LogP contribution in [0.5, 0.6) is 0 Å². The molecule has 0 aliphatic carbocycles. The third-order valence-corrected chi connectivity index (χ3v) is 1.32. The molecule has 0 fully saturated rings. The second-order valence-electron chi connectivity index (χ2n) is 1.81. The van der Waals surface area contributed by atoms with Crippen molar-refractivity contribution in [2.75, 3.05) is 0 Å². The van der Waals surface area contributed by atoms with E-state index in [9.17, 15) is 0 Å². The molecule has 1 aromatic rings. The Balaban J connectivity index is 3.00. The molecule has 0 radical (unpaired) electrons. The first-order chi connectivity index (χ1) is 4.70. The molecule has 1 aromatic heterocycles. The summed E-state index contributed by atoms with van der Waals surface area (Å²) in [6.45, 7) is 0. The third kappa shape index (κ3) is 1.45. The van der Waals surface area contributed by atoms with Gasteiger partial charge in [-0.3, -0.25) is 5.73 Å². The molecule has 1 rings (SSSR count). The smallest absolute Gasteiger partial charge is 0.287 e. The Kier molecular flexibility index (Phi) is 1.87. The molecule has 0 saturated carbocycles. The lowest BCUT2D eigenvalue weighted by molar-refractivity contribution is -0.558. The molecule has 0 spiro atoms. The van der Waals surface area contributed by atoms with Gasteiger partial charge in [-0.25, -0.2) is 4.57 Å². The lowest BCUT2D eigenvalue weighted by Gasteiger charge is -1.92. The van der Waals surface area contributed by atoms with Gasteiger partial charge in [0.15, 0.2) is 0 Å². The highest BCUT2D eigenvalue weighted by Crippen LogP contribution is 2.01. The van der Waals surface area contributed by atoms with Gasteiger partial charge in [-0.2, -0.15) is 0 Å². The average Bonchev–Trinajstić information content (AvgIpc) is 1.88. The highest BCUT2D eigenvalue weighted by atomic mass is 35.5. The van der Waals surface area contributed by atoms with E-state index in [1.807, 2.05) is 0 Å². The van der Waals surface area contributed by atoms with Gasteiger partial charge in [0, 0.05) is 5.02 Å². The van der Waals surface area contributed by atoms with Crippen molar-refractivity contribution in [3.63, 3.8) is 0 Å². The molecule has 3 N–H and O–H groups in total. The Morgan fingerprint density at radius 2 is 2.00 bits per heavy atom. The summed E-state index contributed by atoms with van der Waals surface area (Å²) in [4.78, 5) is 0. The standard InChI is InChI=1S/C6H7ClN3/c7-5-1-3-10(4-2-5)6(8)9/h1-4H,(H3,8,9)/q+1. The van der Waals surface area contributed by atoms with Gasteiger partial charge < -0.3 is 0 Å². The Bertz CT molecular complexity index is 242. The van der Waals surface area contributed by atoms with Gasteiger partial charge in [0.25, 0.3) is 0 Å². The predicted octanol–water partition coefficient (Wildman–Crippen LogP) is 0.369. The third-order valence-electron chi connectivity index (χ3n) is 1.07. The van der Waals surface area contributed by atoms with Crippen LogP contribution < -0.4 is 10.3 Å². The number of nitrogens with two attached hydrogens (primary N) is 1. The molecule has 0 aliphatic rings. The molecule has 0 saturated heterocycles. The molecule has 52 valence electrons. The van der Waals surface area contributed by atoms with Crippen LogP contribution in [0.2, 0.25) is 5.02 Å². The zero-order valence-electron chi connectivity index (χ0n) is 5.21. The van der Waals surface area contributed by atoms with Crippen molar-refractivity contribution in [3.05, 3.63) is 29.5 Å². The van der Waals surface area contributed by atoms with E-state index in [2.05, 4.69) is 0 Å². The molecule has 0 aliphatic heterocycles. The lowest BCUT2D eigenvalue weighted by Crippen LogP contribution is -2.47. The summed E-state index contributed by atoms with van der Waals surface area (Å²) >= 11 is 5.59. The van der Waals surface area contributed by atoms with Gasteiger partial charge in [-0.15, -0.1) is 5.41 Å². The maximum Gasteiger partial charge on any atom is 0.386 e. The molecular formula is C6H7ClN3+. The maximum absolute atomic E-state index is 7.00. The van der Waals surface area contributed by atoms with Crippen LogP contribution >= 0.6 is 11.6 Å². The molecule has 10 heavy (non-hydrogen) atoms. The van der Waals surface area contributed by atoms with Crippen molar-refractivity contribution < 1.29 is 4.57 Å². The van der Waals surface area contributed by atoms with Crippen molar-refractivity contribution >= 4 is 17.6 Å². The van der Waals surface area contributed by atoms with E-state index >= 15 is 0 Å². The van der Waals surface area contributed by atoms with Crippen LogP contribution in [0.1, 0.15) is 0 Å². The number of nitrogens with zero attached hydrogens (tertiary/aromatic N) is 1. The zero-order valence-corrected chi connectivity index (χ0v) is 5.97. The monoisotopic (exact) mass is 156 g/mol. The first-order valence-electron chi connectivity index (χ1n) is 2.71. The predicted molar refractivity (Wildman–Crippen MR) is 39.0 cm³/mol. The number of aromatic nitrogens is 1. The first kappa shape index (κ1) is 7.02. The Hall–Kier alpha value is -1.09. The number of nitrogens with one attached hydrogen (secondary N) is 1. The highest BCUT2D eigenvalue weighted by molar-refractivity contribution is 6.30. The molecule has 3 nitrogen and oxygen atoms in total. The molecule has 0 unspecified atom stereocenters. The minimum absolute atomic E-state index is 0.0170. The van der Waals surface area contributed by atoms with E-state index in [4.69, 9.17) is 22.7 Å². The quantitative estimate of drug-likeness (QED) is 0.318. The van der Waals surface area contributed by atoms with Crippen LogP contribution in [0.25, 0.3) is 0 Å². The van der Waals surface area contributed by atoms with Crippen molar-refractivity contribution in [2.24, 2.45) is 5.73 Å². The number of halogens is 1. The van der Waals surface area contributed by atoms with E-state index < -0.39 is 0 Å². The van der Waals surface area contributed by atoms with Gasteiger partial charge >= 0.3 is 5.96 Å². The normalized spacial score (nSPS) is 9.30. The summed E-state index contributed by atoms with van der Waals surface area (Å²) in [7, 11) is 0. The fraction of sp³-hybridized carbons (Fsp3) is 0. The highest BCUT2D eigenvalue weighted by Gasteiger charge is 1.97. The van der Waals surface area contributed by atoms with Crippen LogP contribution in [0.4, 0.5) is 0 Å². The van der Waals surface area contributed by atoms with E-state index in [-0.39, 0.29) is 5.96 Å². The number of rotatable bonds is 0. The first-order valence-corrected chi connectivity index (χ1v) is 3.09. The minimum Gasteiger partial charge on any atom is -0.287 e. The Labute approximate surface area is 63.6 Å². The van der Waals surface area contributed by atoms with E-state index in [0.717, 1.165) is 0 Å². The minimum atomic E-state index is -0.0170. The summed E-state index contributed by atoms with van der Waals surface area (Å²) in [5.41, 5.74) is 5.17. The Morgan fingerprint density at radius 3 is 2.40 bits per heavy atom. The van der Waals surface area contributed by atoms with Gasteiger partial charge in [-0.1, -0.05) is 11.6 Å². The van der Waals surface area contributed by atoms with Gasteiger partial charge in [0.1, 0.15) is 0 Å². The average molecular weight is 157 g/mol. The summed E-state index contributed by atoms with van der Waals surface area (Å²) in [6.07, 6.45) is 3.26. The van der Waals surface area contributed by atoms with Crippen LogP contribution in [0.3, 0.4) is 0 Å².